The second-order valence-electron chi connectivity index (χ2n) is 6.53. The lowest BCUT2D eigenvalue weighted by molar-refractivity contribution is -0.129. The maximum Gasteiger partial charge on any atom is 0.253 e. The average Bonchev–Trinajstić information content (AvgIpc) is 2.70. The number of hydrogen-bond donors (Lipinski definition) is 1. The predicted molar refractivity (Wildman–Crippen MR) is 109 cm³/mol. The van der Waals surface area contributed by atoms with E-state index in [1.807, 2.05) is 55.5 Å². The van der Waals surface area contributed by atoms with E-state index in [1.54, 1.807) is 25.9 Å². The van der Waals surface area contributed by atoms with Crippen LogP contribution in [0, 0.1) is 0 Å². The number of carbonyl (C=O) groups is 2. The molecule has 0 fully saturated rings. The smallest absolute Gasteiger partial charge is 0.253 e. The summed E-state index contributed by atoms with van der Waals surface area (Å²) in [5.74, 6) is 0.553. The number of nitrogens with one attached hydrogen (secondary N) is 1. The Labute approximate surface area is 166 Å². The van der Waals surface area contributed by atoms with Crippen LogP contribution < -0.4 is 10.1 Å². The second kappa shape index (κ2) is 10.5. The van der Waals surface area contributed by atoms with Gasteiger partial charge in [-0.25, -0.2) is 0 Å². The van der Waals surface area contributed by atoms with Gasteiger partial charge in [0.25, 0.3) is 5.91 Å². The van der Waals surface area contributed by atoms with Gasteiger partial charge >= 0.3 is 0 Å². The third-order valence-electron chi connectivity index (χ3n) is 4.40. The summed E-state index contributed by atoms with van der Waals surface area (Å²) >= 11 is 0. The lowest BCUT2D eigenvalue weighted by Gasteiger charge is -2.19. The van der Waals surface area contributed by atoms with E-state index in [9.17, 15) is 9.59 Å². The van der Waals surface area contributed by atoms with Crippen LogP contribution in [0.3, 0.4) is 0 Å². The first kappa shape index (κ1) is 21.4. The van der Waals surface area contributed by atoms with Crippen LogP contribution >= 0.6 is 0 Å². The Balaban J connectivity index is 1.92. The third-order valence-corrected chi connectivity index (χ3v) is 4.40. The van der Waals surface area contributed by atoms with Gasteiger partial charge in [0, 0.05) is 25.7 Å². The van der Waals surface area contributed by atoms with E-state index in [1.165, 1.54) is 0 Å². The van der Waals surface area contributed by atoms with Crippen molar-refractivity contribution in [1.82, 2.24) is 4.90 Å². The van der Waals surface area contributed by atoms with Crippen molar-refractivity contribution >= 4 is 17.5 Å². The maximum atomic E-state index is 12.4. The van der Waals surface area contributed by atoms with Crippen LogP contribution in [0.2, 0.25) is 0 Å². The molecule has 1 unspecified atom stereocenters. The van der Waals surface area contributed by atoms with Crippen molar-refractivity contribution in [3.63, 3.8) is 0 Å². The van der Waals surface area contributed by atoms with Gasteiger partial charge in [-0.3, -0.25) is 9.59 Å². The lowest BCUT2D eigenvalue weighted by Crippen LogP contribution is -2.28. The quantitative estimate of drug-likeness (QED) is 0.717. The number of nitrogens with zero attached hydrogens (tertiary/aromatic N) is 1. The molecule has 2 aromatic carbocycles. The van der Waals surface area contributed by atoms with Crippen LogP contribution in [0.4, 0.5) is 5.69 Å². The second-order valence-corrected chi connectivity index (χ2v) is 6.53. The van der Waals surface area contributed by atoms with Gasteiger partial charge in [-0.2, -0.15) is 0 Å². The van der Waals surface area contributed by atoms with E-state index in [2.05, 4.69) is 5.32 Å². The van der Waals surface area contributed by atoms with Crippen LogP contribution in [0.25, 0.3) is 0 Å². The molecule has 0 heterocycles. The Morgan fingerprint density at radius 2 is 1.82 bits per heavy atom. The SMILES string of the molecule is CCN(Cc1cccc(NC(=O)C(C)OCc2cccc(OC)c2)c1)C(C)=O. The molecule has 1 atom stereocenters. The van der Waals surface area contributed by atoms with E-state index in [0.29, 0.717) is 25.4 Å². The fourth-order valence-electron chi connectivity index (χ4n) is 2.72. The summed E-state index contributed by atoms with van der Waals surface area (Å²) < 4.78 is 10.9. The summed E-state index contributed by atoms with van der Waals surface area (Å²) in [4.78, 5) is 25.8. The molecule has 2 aromatic rings. The van der Waals surface area contributed by atoms with Crippen LogP contribution in [-0.2, 0) is 27.5 Å². The van der Waals surface area contributed by atoms with Crippen LogP contribution in [-0.4, -0.2) is 36.5 Å². The first-order chi connectivity index (χ1) is 13.4. The molecule has 2 rings (SSSR count). The minimum atomic E-state index is -0.612. The highest BCUT2D eigenvalue weighted by atomic mass is 16.5. The van der Waals surface area contributed by atoms with Gasteiger partial charge in [0.2, 0.25) is 5.91 Å². The van der Waals surface area contributed by atoms with Gasteiger partial charge in [0.1, 0.15) is 11.9 Å². The molecule has 150 valence electrons. The normalized spacial score (nSPS) is 11.6. The molecule has 28 heavy (non-hydrogen) atoms. The molecule has 0 aliphatic rings. The first-order valence-electron chi connectivity index (χ1n) is 9.32. The summed E-state index contributed by atoms with van der Waals surface area (Å²) in [5.41, 5.74) is 2.57. The van der Waals surface area contributed by atoms with Crippen molar-refractivity contribution < 1.29 is 19.1 Å². The number of ether oxygens (including phenoxy) is 2. The number of hydrogen-bond acceptors (Lipinski definition) is 4. The Morgan fingerprint density at radius 3 is 2.50 bits per heavy atom. The van der Waals surface area contributed by atoms with Gasteiger partial charge in [-0.15, -0.1) is 0 Å². The van der Waals surface area contributed by atoms with E-state index in [4.69, 9.17) is 9.47 Å². The molecule has 0 saturated heterocycles. The van der Waals surface area contributed by atoms with Crippen LogP contribution in [0.15, 0.2) is 48.5 Å². The third kappa shape index (κ3) is 6.39. The Hall–Kier alpha value is -2.86. The fourth-order valence-corrected chi connectivity index (χ4v) is 2.72. The Bertz CT molecular complexity index is 807. The molecule has 2 amide bonds. The van der Waals surface area contributed by atoms with Gasteiger partial charge in [-0.1, -0.05) is 24.3 Å². The number of methoxy groups -OCH3 is 1. The standard InChI is InChI=1S/C22H28N2O4/c1-5-24(17(3)25)14-18-8-6-10-20(12-18)23-22(26)16(2)28-15-19-9-7-11-21(13-19)27-4/h6-13,16H,5,14-15H2,1-4H3,(H,23,26). The molecular formula is C22H28N2O4. The zero-order valence-electron chi connectivity index (χ0n) is 16.9. The molecule has 0 aliphatic heterocycles. The predicted octanol–water partition coefficient (Wildman–Crippen LogP) is 3.61. The number of amides is 2. The van der Waals surface area contributed by atoms with Crippen LogP contribution in [0.1, 0.15) is 31.9 Å². The van der Waals surface area contributed by atoms with Gasteiger partial charge in [0.15, 0.2) is 0 Å². The van der Waals surface area contributed by atoms with Crippen molar-refractivity contribution in [2.75, 3.05) is 19.0 Å². The number of anilines is 1. The van der Waals surface area contributed by atoms with Crippen LogP contribution in [0.5, 0.6) is 5.75 Å². The number of benzene rings is 2. The van der Waals surface area contributed by atoms with Crippen molar-refractivity contribution in [1.29, 1.82) is 0 Å². The molecule has 0 saturated carbocycles. The fraction of sp³-hybridized carbons (Fsp3) is 0.364. The van der Waals surface area contributed by atoms with Crippen molar-refractivity contribution in [3.05, 3.63) is 59.7 Å². The topological polar surface area (TPSA) is 67.9 Å². The van der Waals surface area contributed by atoms with Gasteiger partial charge < -0.3 is 19.7 Å². The van der Waals surface area contributed by atoms with E-state index < -0.39 is 6.10 Å². The summed E-state index contributed by atoms with van der Waals surface area (Å²) in [6, 6.07) is 15.0. The zero-order chi connectivity index (χ0) is 20.5. The van der Waals surface area contributed by atoms with Gasteiger partial charge in [-0.05, 0) is 49.2 Å². The van der Waals surface area contributed by atoms with Crippen molar-refractivity contribution in [2.24, 2.45) is 0 Å². The molecule has 0 spiro atoms. The molecule has 6 heteroatoms. The molecule has 0 bridgehead atoms. The molecule has 0 aliphatic carbocycles. The van der Waals surface area contributed by atoms with E-state index in [0.717, 1.165) is 16.9 Å². The molecule has 0 aromatic heterocycles. The maximum absolute atomic E-state index is 12.4. The zero-order valence-corrected chi connectivity index (χ0v) is 16.9. The minimum Gasteiger partial charge on any atom is -0.497 e. The lowest BCUT2D eigenvalue weighted by atomic mass is 10.2. The summed E-state index contributed by atoms with van der Waals surface area (Å²) in [6.45, 7) is 6.67. The monoisotopic (exact) mass is 384 g/mol. The van der Waals surface area contributed by atoms with E-state index in [-0.39, 0.29) is 11.8 Å². The van der Waals surface area contributed by atoms with Gasteiger partial charge in [0.05, 0.1) is 13.7 Å². The summed E-state index contributed by atoms with van der Waals surface area (Å²) in [6.07, 6.45) is -0.612. The number of rotatable bonds is 9. The summed E-state index contributed by atoms with van der Waals surface area (Å²) in [5, 5.41) is 2.87. The summed E-state index contributed by atoms with van der Waals surface area (Å²) in [7, 11) is 1.61. The van der Waals surface area contributed by atoms with Crippen molar-refractivity contribution in [3.8, 4) is 5.75 Å². The highest BCUT2D eigenvalue weighted by Crippen LogP contribution is 2.16. The Kier molecular flexibility index (Phi) is 8.02. The first-order valence-corrected chi connectivity index (χ1v) is 9.32. The average molecular weight is 384 g/mol. The Morgan fingerprint density at radius 1 is 1.11 bits per heavy atom. The highest BCUT2D eigenvalue weighted by molar-refractivity contribution is 5.93. The van der Waals surface area contributed by atoms with E-state index >= 15 is 0 Å². The highest BCUT2D eigenvalue weighted by Gasteiger charge is 2.14. The van der Waals surface area contributed by atoms with Crippen molar-refractivity contribution in [2.45, 2.75) is 40.0 Å². The number of carbonyl (C=O) groups excluding carboxylic acids is 2. The molecule has 6 nitrogen and oxygen atoms in total. The molecule has 0 radical (unpaired) electrons. The minimum absolute atomic E-state index is 0.0245. The largest absolute Gasteiger partial charge is 0.497 e. The molecule has 1 N–H and O–H groups in total. The molecular weight excluding hydrogens is 356 g/mol.